The summed E-state index contributed by atoms with van der Waals surface area (Å²) < 4.78 is 5.23. The van der Waals surface area contributed by atoms with Gasteiger partial charge in [-0.25, -0.2) is 0 Å². The molecule has 2 nitrogen and oxygen atoms in total. The third kappa shape index (κ3) is 2.15. The Labute approximate surface area is 91.6 Å². The molecule has 1 aromatic carbocycles. The van der Waals surface area contributed by atoms with Crippen LogP contribution in [0.15, 0.2) is 24.3 Å². The van der Waals surface area contributed by atoms with Crippen LogP contribution >= 0.6 is 0 Å². The van der Waals surface area contributed by atoms with E-state index in [1.54, 1.807) is 7.11 Å². The molecule has 1 fully saturated rings. The van der Waals surface area contributed by atoms with Crippen LogP contribution in [0.1, 0.15) is 25.3 Å². The van der Waals surface area contributed by atoms with E-state index in [4.69, 9.17) is 4.74 Å². The van der Waals surface area contributed by atoms with Crippen molar-refractivity contribution in [3.8, 4) is 5.75 Å². The summed E-state index contributed by atoms with van der Waals surface area (Å²) >= 11 is 0. The number of hydrogen-bond donors (Lipinski definition) is 1. The van der Waals surface area contributed by atoms with Crippen molar-refractivity contribution in [3.63, 3.8) is 0 Å². The minimum absolute atomic E-state index is 0.354. The zero-order valence-electron chi connectivity index (χ0n) is 9.55. The Hall–Kier alpha value is -1.02. The topological polar surface area (TPSA) is 21.3 Å². The van der Waals surface area contributed by atoms with Crippen molar-refractivity contribution in [1.29, 1.82) is 0 Å². The van der Waals surface area contributed by atoms with E-state index in [1.165, 1.54) is 18.4 Å². The third-order valence-electron chi connectivity index (χ3n) is 3.46. The normalized spacial score (nSPS) is 24.7. The summed E-state index contributed by atoms with van der Waals surface area (Å²) in [6.45, 7) is 3.42. The Morgan fingerprint density at radius 3 is 2.80 bits per heavy atom. The molecule has 1 atom stereocenters. The summed E-state index contributed by atoms with van der Waals surface area (Å²) in [5, 5.41) is 3.55. The van der Waals surface area contributed by atoms with E-state index in [1.807, 2.05) is 6.07 Å². The van der Waals surface area contributed by atoms with Gasteiger partial charge in [-0.2, -0.15) is 0 Å². The molecule has 0 saturated carbocycles. The first kappa shape index (κ1) is 10.5. The Balaban J connectivity index is 2.09. The van der Waals surface area contributed by atoms with Crippen LogP contribution in [0.3, 0.4) is 0 Å². The quantitative estimate of drug-likeness (QED) is 0.815. The van der Waals surface area contributed by atoms with Crippen LogP contribution in [0.4, 0.5) is 0 Å². The van der Waals surface area contributed by atoms with E-state index in [0.29, 0.717) is 5.54 Å². The molecule has 15 heavy (non-hydrogen) atoms. The molecule has 1 N–H and O–H groups in total. The van der Waals surface area contributed by atoms with Crippen LogP contribution in [-0.4, -0.2) is 19.2 Å². The first-order valence-electron chi connectivity index (χ1n) is 5.66. The Morgan fingerprint density at radius 2 is 2.27 bits per heavy atom. The van der Waals surface area contributed by atoms with Crippen molar-refractivity contribution in [2.75, 3.05) is 13.7 Å². The lowest BCUT2D eigenvalue weighted by Crippen LogP contribution is -2.57. The van der Waals surface area contributed by atoms with E-state index >= 15 is 0 Å². The summed E-state index contributed by atoms with van der Waals surface area (Å²) in [6, 6.07) is 8.38. The molecule has 1 aliphatic heterocycles. The molecule has 1 saturated heterocycles. The second-order valence-electron chi connectivity index (χ2n) is 4.34. The van der Waals surface area contributed by atoms with Crippen molar-refractivity contribution in [2.45, 2.75) is 31.7 Å². The molecule has 2 heteroatoms. The average Bonchev–Trinajstić information content (AvgIpc) is 2.24. The molecule has 1 aromatic rings. The van der Waals surface area contributed by atoms with Gasteiger partial charge in [0.1, 0.15) is 5.75 Å². The molecule has 0 aliphatic carbocycles. The fraction of sp³-hybridized carbons (Fsp3) is 0.538. The van der Waals surface area contributed by atoms with Gasteiger partial charge in [0.25, 0.3) is 0 Å². The monoisotopic (exact) mass is 205 g/mol. The molecule has 2 rings (SSSR count). The first-order valence-corrected chi connectivity index (χ1v) is 5.66. The molecule has 82 valence electrons. The Kier molecular flexibility index (Phi) is 2.96. The highest BCUT2D eigenvalue weighted by molar-refractivity contribution is 5.30. The van der Waals surface area contributed by atoms with E-state index in [0.717, 1.165) is 18.7 Å². The highest BCUT2D eigenvalue weighted by Gasteiger charge is 2.34. The first-order chi connectivity index (χ1) is 7.28. The SMILES string of the molecule is CCC1(Cc2cccc(OC)c2)CCN1. The molecule has 0 aromatic heterocycles. The van der Waals surface area contributed by atoms with Gasteiger partial charge < -0.3 is 10.1 Å². The predicted octanol–water partition coefficient (Wildman–Crippen LogP) is 2.38. The van der Waals surface area contributed by atoms with Gasteiger partial charge in [0.05, 0.1) is 7.11 Å². The molecular weight excluding hydrogens is 186 g/mol. The summed E-state index contributed by atoms with van der Waals surface area (Å²) in [7, 11) is 1.72. The lowest BCUT2D eigenvalue weighted by Gasteiger charge is -2.43. The molecular formula is C13H19NO. The Morgan fingerprint density at radius 1 is 1.47 bits per heavy atom. The summed E-state index contributed by atoms with van der Waals surface area (Å²) in [5.41, 5.74) is 1.72. The maximum atomic E-state index is 5.23. The largest absolute Gasteiger partial charge is 0.497 e. The second-order valence-corrected chi connectivity index (χ2v) is 4.34. The standard InChI is InChI=1S/C13H19NO/c1-3-13(7-8-14-13)10-11-5-4-6-12(9-11)15-2/h4-6,9,14H,3,7-8,10H2,1-2H3. The molecule has 0 bridgehead atoms. The zero-order valence-corrected chi connectivity index (χ0v) is 9.55. The maximum Gasteiger partial charge on any atom is 0.119 e. The third-order valence-corrected chi connectivity index (χ3v) is 3.46. The summed E-state index contributed by atoms with van der Waals surface area (Å²) in [5.74, 6) is 0.957. The summed E-state index contributed by atoms with van der Waals surface area (Å²) in [4.78, 5) is 0. The number of rotatable bonds is 4. The van der Waals surface area contributed by atoms with Crippen molar-refractivity contribution >= 4 is 0 Å². The minimum Gasteiger partial charge on any atom is -0.497 e. The number of ether oxygens (including phenoxy) is 1. The minimum atomic E-state index is 0.354. The van der Waals surface area contributed by atoms with Crippen molar-refractivity contribution in [1.82, 2.24) is 5.32 Å². The van der Waals surface area contributed by atoms with Gasteiger partial charge in [-0.05, 0) is 43.5 Å². The average molecular weight is 205 g/mol. The van der Waals surface area contributed by atoms with E-state index in [9.17, 15) is 0 Å². The van der Waals surface area contributed by atoms with E-state index < -0.39 is 0 Å². The van der Waals surface area contributed by atoms with Crippen LogP contribution < -0.4 is 10.1 Å². The highest BCUT2D eigenvalue weighted by atomic mass is 16.5. The van der Waals surface area contributed by atoms with Gasteiger partial charge in [0.15, 0.2) is 0 Å². The number of nitrogens with one attached hydrogen (secondary N) is 1. The van der Waals surface area contributed by atoms with Crippen LogP contribution in [-0.2, 0) is 6.42 Å². The van der Waals surface area contributed by atoms with Crippen LogP contribution in [0.2, 0.25) is 0 Å². The van der Waals surface area contributed by atoms with Gasteiger partial charge in [-0.1, -0.05) is 19.1 Å². The van der Waals surface area contributed by atoms with Crippen molar-refractivity contribution in [3.05, 3.63) is 29.8 Å². The van der Waals surface area contributed by atoms with Crippen molar-refractivity contribution < 1.29 is 4.74 Å². The molecule has 0 amide bonds. The zero-order chi connectivity index (χ0) is 10.7. The fourth-order valence-electron chi connectivity index (χ4n) is 2.23. The molecule has 0 spiro atoms. The number of methoxy groups -OCH3 is 1. The maximum absolute atomic E-state index is 5.23. The van der Waals surface area contributed by atoms with Crippen LogP contribution in [0.25, 0.3) is 0 Å². The highest BCUT2D eigenvalue weighted by Crippen LogP contribution is 2.28. The second kappa shape index (κ2) is 4.23. The lowest BCUT2D eigenvalue weighted by molar-refractivity contribution is 0.198. The van der Waals surface area contributed by atoms with E-state index in [-0.39, 0.29) is 0 Å². The smallest absolute Gasteiger partial charge is 0.119 e. The van der Waals surface area contributed by atoms with Crippen molar-refractivity contribution in [2.24, 2.45) is 0 Å². The predicted molar refractivity (Wildman–Crippen MR) is 62.3 cm³/mol. The van der Waals surface area contributed by atoms with Gasteiger partial charge in [-0.3, -0.25) is 0 Å². The Bertz CT molecular complexity index is 326. The van der Waals surface area contributed by atoms with Crippen LogP contribution in [0.5, 0.6) is 5.75 Å². The molecule has 1 unspecified atom stereocenters. The van der Waals surface area contributed by atoms with E-state index in [2.05, 4.69) is 30.4 Å². The van der Waals surface area contributed by atoms with Gasteiger partial charge >= 0.3 is 0 Å². The summed E-state index contributed by atoms with van der Waals surface area (Å²) in [6.07, 6.45) is 3.60. The molecule has 1 aliphatic rings. The van der Waals surface area contributed by atoms with Gasteiger partial charge in [-0.15, -0.1) is 0 Å². The van der Waals surface area contributed by atoms with Crippen LogP contribution in [0, 0.1) is 0 Å². The fourth-order valence-corrected chi connectivity index (χ4v) is 2.23. The number of benzene rings is 1. The van der Waals surface area contributed by atoms with Gasteiger partial charge in [0.2, 0.25) is 0 Å². The molecule has 1 heterocycles. The number of hydrogen-bond acceptors (Lipinski definition) is 2. The lowest BCUT2D eigenvalue weighted by atomic mass is 9.80. The molecule has 0 radical (unpaired) electrons. The van der Waals surface area contributed by atoms with Gasteiger partial charge in [0, 0.05) is 5.54 Å².